The van der Waals surface area contributed by atoms with Crippen LogP contribution in [0.25, 0.3) is 0 Å². The Balaban J connectivity index is 0.941. The fourth-order valence-corrected chi connectivity index (χ4v) is 6.87. The Kier molecular flexibility index (Phi) is 6.81. The van der Waals surface area contributed by atoms with Crippen LogP contribution in [-0.4, -0.2) is 32.0 Å². The number of Topliss-reactive ketones (excluding diaryl/α,β-unsaturated/α-hetero) is 1. The number of halogens is 3. The summed E-state index contributed by atoms with van der Waals surface area (Å²) in [6, 6.07) is 9.26. The summed E-state index contributed by atoms with van der Waals surface area (Å²) in [6.07, 6.45) is 6.80. The minimum atomic E-state index is -4.39. The number of nitrogens with one attached hydrogen (secondary N) is 3. The van der Waals surface area contributed by atoms with Gasteiger partial charge in [-0.2, -0.15) is 23.3 Å². The molecular formula is C29H33F3N6O. The zero-order chi connectivity index (χ0) is 27.0. The maximum absolute atomic E-state index is 12.9. The summed E-state index contributed by atoms with van der Waals surface area (Å²) in [5, 5.41) is 14.2. The van der Waals surface area contributed by atoms with Gasteiger partial charge in [0.25, 0.3) is 0 Å². The molecule has 39 heavy (non-hydrogen) atoms. The standard InChI is InChI=1S/C29H33F3N6O/c30-29(31,32)21-7-3-4-18(10-21)11-23(39)12-19-14-28(15-19)16-22(17-28)34-27-33-9-8-25(36-27)35-26-13-24(37-38-26)20-5-1-2-6-20/h3-4,7-10,13,19-20,22H,1-2,5-6,11-12,14-17H2,(H3,33,34,35,36,37,38). The molecule has 0 bridgehead atoms. The molecule has 0 saturated heterocycles. The quantitative estimate of drug-likeness (QED) is 0.278. The number of H-pyrrole nitrogens is 1. The van der Waals surface area contributed by atoms with Crippen molar-refractivity contribution in [2.75, 3.05) is 10.6 Å². The van der Waals surface area contributed by atoms with E-state index in [1.807, 2.05) is 6.07 Å². The summed E-state index contributed by atoms with van der Waals surface area (Å²) in [7, 11) is 0. The van der Waals surface area contributed by atoms with E-state index >= 15 is 0 Å². The predicted molar refractivity (Wildman–Crippen MR) is 142 cm³/mol. The molecule has 2 heterocycles. The van der Waals surface area contributed by atoms with Crippen LogP contribution >= 0.6 is 0 Å². The van der Waals surface area contributed by atoms with E-state index in [-0.39, 0.29) is 17.6 Å². The summed E-state index contributed by atoms with van der Waals surface area (Å²) in [6.45, 7) is 0. The van der Waals surface area contributed by atoms with Crippen LogP contribution < -0.4 is 10.6 Å². The van der Waals surface area contributed by atoms with E-state index in [4.69, 9.17) is 0 Å². The van der Waals surface area contributed by atoms with Crippen LogP contribution in [0.4, 0.5) is 30.8 Å². The SMILES string of the molecule is O=C(Cc1cccc(C(F)(F)F)c1)CC1CC2(C1)CC(Nc1nccc(Nc3cc(C4CCCC4)[nH]n3)n1)C2. The second-order valence-electron chi connectivity index (χ2n) is 11.7. The number of nitrogens with zero attached hydrogens (tertiary/aromatic N) is 3. The molecule has 10 heteroatoms. The third-order valence-electron chi connectivity index (χ3n) is 8.61. The molecule has 3 aliphatic rings. The summed E-state index contributed by atoms with van der Waals surface area (Å²) >= 11 is 0. The van der Waals surface area contributed by atoms with Gasteiger partial charge in [0.1, 0.15) is 11.6 Å². The van der Waals surface area contributed by atoms with Crippen molar-refractivity contribution in [1.29, 1.82) is 0 Å². The van der Waals surface area contributed by atoms with Crippen LogP contribution in [0.5, 0.6) is 0 Å². The van der Waals surface area contributed by atoms with Crippen molar-refractivity contribution in [2.24, 2.45) is 11.3 Å². The van der Waals surface area contributed by atoms with Gasteiger partial charge in [-0.1, -0.05) is 31.0 Å². The first-order valence-electron chi connectivity index (χ1n) is 13.8. The lowest BCUT2D eigenvalue weighted by molar-refractivity contribution is -0.137. The second kappa shape index (κ2) is 10.3. The number of carbonyl (C=O) groups is 1. The first-order valence-corrected chi connectivity index (χ1v) is 13.8. The molecule has 3 saturated carbocycles. The highest BCUT2D eigenvalue weighted by Gasteiger charge is 2.53. The van der Waals surface area contributed by atoms with Crippen molar-refractivity contribution in [3.63, 3.8) is 0 Å². The maximum Gasteiger partial charge on any atom is 0.416 e. The van der Waals surface area contributed by atoms with Crippen molar-refractivity contribution in [3.8, 4) is 0 Å². The Morgan fingerprint density at radius 3 is 2.62 bits per heavy atom. The number of benzene rings is 1. The van der Waals surface area contributed by atoms with E-state index < -0.39 is 11.7 Å². The number of aromatic amines is 1. The number of ketones is 1. The second-order valence-corrected chi connectivity index (χ2v) is 11.7. The normalized spacial score (nSPS) is 24.8. The molecular weight excluding hydrogens is 505 g/mol. The summed E-state index contributed by atoms with van der Waals surface area (Å²) in [5.41, 5.74) is 1.16. The zero-order valence-corrected chi connectivity index (χ0v) is 21.7. The highest BCUT2D eigenvalue weighted by Crippen LogP contribution is 2.60. The van der Waals surface area contributed by atoms with E-state index in [0.717, 1.165) is 43.6 Å². The Morgan fingerprint density at radius 2 is 1.85 bits per heavy atom. The van der Waals surface area contributed by atoms with Crippen LogP contribution in [0.1, 0.15) is 80.5 Å². The van der Waals surface area contributed by atoms with Crippen molar-refractivity contribution < 1.29 is 18.0 Å². The third-order valence-corrected chi connectivity index (χ3v) is 8.61. The number of rotatable bonds is 9. The fourth-order valence-electron chi connectivity index (χ4n) is 6.87. The van der Waals surface area contributed by atoms with Gasteiger partial charge < -0.3 is 10.6 Å². The third kappa shape index (κ3) is 5.94. The average Bonchev–Trinajstić information content (AvgIpc) is 3.53. The van der Waals surface area contributed by atoms with Crippen LogP contribution in [0.15, 0.2) is 42.6 Å². The van der Waals surface area contributed by atoms with Crippen molar-refractivity contribution in [3.05, 3.63) is 59.4 Å². The molecule has 1 aromatic carbocycles. The molecule has 0 aliphatic heterocycles. The highest BCUT2D eigenvalue weighted by molar-refractivity contribution is 5.81. The van der Waals surface area contributed by atoms with Crippen LogP contribution in [-0.2, 0) is 17.4 Å². The highest BCUT2D eigenvalue weighted by atomic mass is 19.4. The lowest BCUT2D eigenvalue weighted by Gasteiger charge is -2.58. The Bertz CT molecular complexity index is 1320. The molecule has 6 rings (SSSR count). The van der Waals surface area contributed by atoms with Crippen LogP contribution in [0, 0.1) is 11.3 Å². The molecule has 3 aromatic rings. The smallest absolute Gasteiger partial charge is 0.351 e. The lowest BCUT2D eigenvalue weighted by atomic mass is 9.49. The Hall–Kier alpha value is -3.43. The van der Waals surface area contributed by atoms with Crippen molar-refractivity contribution in [2.45, 2.75) is 82.3 Å². The Morgan fingerprint density at radius 1 is 1.05 bits per heavy atom. The van der Waals surface area contributed by atoms with E-state index in [9.17, 15) is 18.0 Å². The fraction of sp³-hybridized carbons (Fsp3) is 0.517. The van der Waals surface area contributed by atoms with Crippen molar-refractivity contribution in [1.82, 2.24) is 20.2 Å². The number of aromatic nitrogens is 4. The van der Waals surface area contributed by atoms with Gasteiger partial charge in [0.15, 0.2) is 5.82 Å². The molecule has 0 atom stereocenters. The van der Waals surface area contributed by atoms with E-state index in [0.29, 0.717) is 41.6 Å². The first-order chi connectivity index (χ1) is 18.7. The van der Waals surface area contributed by atoms with Crippen LogP contribution in [0.2, 0.25) is 0 Å². The largest absolute Gasteiger partial charge is 0.416 e. The van der Waals surface area contributed by atoms with E-state index in [1.54, 1.807) is 12.3 Å². The summed E-state index contributed by atoms with van der Waals surface area (Å²) in [4.78, 5) is 21.5. The van der Waals surface area contributed by atoms with Gasteiger partial charge in [-0.05, 0) is 67.6 Å². The maximum atomic E-state index is 12.9. The van der Waals surface area contributed by atoms with Gasteiger partial charge in [0.05, 0.1) is 5.56 Å². The molecule has 0 radical (unpaired) electrons. The molecule has 206 valence electrons. The number of hydrogen-bond donors (Lipinski definition) is 3. The van der Waals surface area contributed by atoms with Crippen molar-refractivity contribution >= 4 is 23.4 Å². The van der Waals surface area contributed by atoms with Crippen LogP contribution in [0.3, 0.4) is 0 Å². The molecule has 3 fully saturated rings. The summed E-state index contributed by atoms with van der Waals surface area (Å²) < 4.78 is 38.8. The average molecular weight is 539 g/mol. The van der Waals surface area contributed by atoms with Gasteiger partial charge in [0.2, 0.25) is 5.95 Å². The number of hydrogen-bond acceptors (Lipinski definition) is 6. The van der Waals surface area contributed by atoms with Gasteiger partial charge >= 0.3 is 6.18 Å². The molecule has 3 aliphatic carbocycles. The molecule has 0 amide bonds. The minimum Gasteiger partial charge on any atom is -0.351 e. The van der Waals surface area contributed by atoms with E-state index in [2.05, 4.69) is 36.9 Å². The Labute approximate surface area is 225 Å². The number of alkyl halides is 3. The number of carbonyl (C=O) groups excluding carboxylic acids is 1. The monoisotopic (exact) mass is 538 g/mol. The lowest BCUT2D eigenvalue weighted by Crippen LogP contribution is -2.53. The predicted octanol–water partition coefficient (Wildman–Crippen LogP) is 6.79. The summed E-state index contributed by atoms with van der Waals surface area (Å²) in [5.74, 6) is 2.92. The van der Waals surface area contributed by atoms with Gasteiger partial charge in [-0.25, -0.2) is 4.98 Å². The molecule has 7 nitrogen and oxygen atoms in total. The topological polar surface area (TPSA) is 95.6 Å². The minimum absolute atomic E-state index is 0.00756. The zero-order valence-electron chi connectivity index (χ0n) is 21.7. The van der Waals surface area contributed by atoms with Gasteiger partial charge in [-0.15, -0.1) is 0 Å². The molecule has 1 spiro atoms. The number of anilines is 3. The molecule has 2 aromatic heterocycles. The molecule has 0 unspecified atom stereocenters. The van der Waals surface area contributed by atoms with Gasteiger partial charge in [0, 0.05) is 42.8 Å². The first kappa shape index (κ1) is 25.8. The molecule has 3 N–H and O–H groups in total. The van der Waals surface area contributed by atoms with E-state index in [1.165, 1.54) is 37.4 Å². The van der Waals surface area contributed by atoms with Gasteiger partial charge in [-0.3, -0.25) is 9.89 Å².